The minimum atomic E-state index is -0.0206. The average Bonchev–Trinajstić information content (AvgIpc) is 2.15. The van der Waals surface area contributed by atoms with Crippen LogP contribution < -0.4 is 0 Å². The summed E-state index contributed by atoms with van der Waals surface area (Å²) in [4.78, 5) is 0. The Morgan fingerprint density at radius 1 is 1.25 bits per heavy atom. The van der Waals surface area contributed by atoms with Gasteiger partial charge in [-0.2, -0.15) is 0 Å². The first-order valence-electron chi connectivity index (χ1n) is 7.15. The van der Waals surface area contributed by atoms with E-state index in [1.165, 1.54) is 12.8 Å². The SMILES string of the molecule is CC(C)[C@@H]1[C@@H]2[C@H]3CCC(C)[C@H]2[C@@]3(C)C[C@@H]1O. The van der Waals surface area contributed by atoms with Gasteiger partial charge in [0, 0.05) is 0 Å². The third-order valence-corrected chi connectivity index (χ3v) is 6.34. The largest absolute Gasteiger partial charge is 0.393 e. The van der Waals surface area contributed by atoms with E-state index >= 15 is 0 Å². The smallest absolute Gasteiger partial charge is 0.0579 e. The third-order valence-electron chi connectivity index (χ3n) is 6.34. The Morgan fingerprint density at radius 2 is 1.94 bits per heavy atom. The van der Waals surface area contributed by atoms with Crippen molar-refractivity contribution in [2.45, 2.75) is 53.1 Å². The molecule has 0 heterocycles. The second-order valence-corrected chi connectivity index (χ2v) is 7.36. The molecule has 0 aromatic carbocycles. The van der Waals surface area contributed by atoms with Crippen LogP contribution in [0.15, 0.2) is 0 Å². The van der Waals surface area contributed by atoms with Crippen molar-refractivity contribution < 1.29 is 5.11 Å². The summed E-state index contributed by atoms with van der Waals surface area (Å²) < 4.78 is 0. The summed E-state index contributed by atoms with van der Waals surface area (Å²) in [6, 6.07) is 0. The fourth-order valence-electron chi connectivity index (χ4n) is 5.96. The highest BCUT2D eigenvalue weighted by molar-refractivity contribution is 5.17. The number of aliphatic hydroxyl groups is 1. The molecule has 0 saturated heterocycles. The quantitative estimate of drug-likeness (QED) is 0.721. The predicted octanol–water partition coefficient (Wildman–Crippen LogP) is 3.32. The van der Waals surface area contributed by atoms with E-state index in [1.807, 2.05) is 0 Å². The van der Waals surface area contributed by atoms with Gasteiger partial charge in [-0.25, -0.2) is 0 Å². The van der Waals surface area contributed by atoms with Gasteiger partial charge in [0.1, 0.15) is 0 Å². The second-order valence-electron chi connectivity index (χ2n) is 7.36. The van der Waals surface area contributed by atoms with Gasteiger partial charge >= 0.3 is 0 Å². The molecule has 3 aliphatic carbocycles. The van der Waals surface area contributed by atoms with E-state index in [9.17, 15) is 5.11 Å². The highest BCUT2D eigenvalue weighted by atomic mass is 16.3. The Labute approximate surface area is 99.6 Å². The molecular weight excluding hydrogens is 196 g/mol. The second kappa shape index (κ2) is 3.25. The van der Waals surface area contributed by atoms with Crippen molar-refractivity contribution in [1.82, 2.24) is 0 Å². The Morgan fingerprint density at radius 3 is 2.50 bits per heavy atom. The normalized spacial score (nSPS) is 59.6. The van der Waals surface area contributed by atoms with Gasteiger partial charge in [-0.1, -0.05) is 34.1 Å². The molecule has 0 spiro atoms. The minimum Gasteiger partial charge on any atom is -0.393 e. The van der Waals surface area contributed by atoms with Gasteiger partial charge < -0.3 is 5.11 Å². The Hall–Kier alpha value is -0.0400. The topological polar surface area (TPSA) is 20.2 Å². The van der Waals surface area contributed by atoms with Crippen LogP contribution in [-0.2, 0) is 0 Å². The van der Waals surface area contributed by atoms with Crippen LogP contribution in [0.1, 0.15) is 47.0 Å². The number of fused-ring (bicyclic) bond motifs is 1. The zero-order valence-electron chi connectivity index (χ0n) is 11.1. The molecule has 0 radical (unpaired) electrons. The fourth-order valence-corrected chi connectivity index (χ4v) is 5.96. The summed E-state index contributed by atoms with van der Waals surface area (Å²) in [7, 11) is 0. The summed E-state index contributed by atoms with van der Waals surface area (Å²) in [5.41, 5.74) is 0.493. The lowest BCUT2D eigenvalue weighted by Gasteiger charge is -2.73. The summed E-state index contributed by atoms with van der Waals surface area (Å²) in [5.74, 6) is 4.83. The molecule has 1 unspecified atom stereocenters. The van der Waals surface area contributed by atoms with E-state index in [1.54, 1.807) is 0 Å². The number of aliphatic hydroxyl groups excluding tert-OH is 1. The molecule has 3 fully saturated rings. The lowest BCUT2D eigenvalue weighted by molar-refractivity contribution is -0.271. The van der Waals surface area contributed by atoms with Crippen molar-refractivity contribution in [3.8, 4) is 0 Å². The predicted molar refractivity (Wildman–Crippen MR) is 65.9 cm³/mol. The van der Waals surface area contributed by atoms with Crippen molar-refractivity contribution in [3.05, 3.63) is 0 Å². The molecule has 1 N–H and O–H groups in total. The van der Waals surface area contributed by atoms with Crippen LogP contribution in [0.3, 0.4) is 0 Å². The van der Waals surface area contributed by atoms with Crippen LogP contribution >= 0.6 is 0 Å². The highest BCUT2D eigenvalue weighted by Gasteiger charge is 2.68. The van der Waals surface area contributed by atoms with Crippen molar-refractivity contribution >= 4 is 0 Å². The van der Waals surface area contributed by atoms with Gasteiger partial charge in [0.05, 0.1) is 6.10 Å². The minimum absolute atomic E-state index is 0.0206. The third kappa shape index (κ3) is 1.11. The molecule has 0 aromatic heterocycles. The summed E-state index contributed by atoms with van der Waals surface area (Å²) in [6.45, 7) is 9.50. The molecule has 3 rings (SSSR count). The van der Waals surface area contributed by atoms with Crippen LogP contribution in [0.4, 0.5) is 0 Å². The maximum absolute atomic E-state index is 10.3. The molecule has 0 aromatic rings. The zero-order valence-corrected chi connectivity index (χ0v) is 11.1. The fraction of sp³-hybridized carbons (Fsp3) is 1.00. The standard InChI is InChI=1S/C15H26O/c1-8(2)12-11(16)7-15(4)10-6-5-9(3)14(15)13(10)12/h8-14,16H,5-7H2,1-4H3/t9?,10-,11+,12+,13+,14-,15+/m1/s1. The van der Waals surface area contributed by atoms with Crippen LogP contribution in [0.5, 0.6) is 0 Å². The van der Waals surface area contributed by atoms with E-state index in [0.717, 1.165) is 30.1 Å². The molecule has 4 bridgehead atoms. The first kappa shape index (κ1) is 11.1. The Bertz CT molecular complexity index is 296. The molecule has 92 valence electrons. The van der Waals surface area contributed by atoms with Crippen LogP contribution in [0, 0.1) is 40.9 Å². The van der Waals surface area contributed by atoms with Crippen molar-refractivity contribution in [1.29, 1.82) is 0 Å². The summed E-state index contributed by atoms with van der Waals surface area (Å²) >= 11 is 0. The lowest BCUT2D eigenvalue weighted by Crippen LogP contribution is -2.69. The maximum Gasteiger partial charge on any atom is 0.0579 e. The maximum atomic E-state index is 10.3. The molecule has 1 nitrogen and oxygen atoms in total. The molecule has 0 aliphatic heterocycles. The average molecular weight is 222 g/mol. The molecule has 0 amide bonds. The van der Waals surface area contributed by atoms with Gasteiger partial charge in [0.15, 0.2) is 0 Å². The van der Waals surface area contributed by atoms with Crippen LogP contribution in [-0.4, -0.2) is 11.2 Å². The number of rotatable bonds is 1. The number of hydrogen-bond acceptors (Lipinski definition) is 1. The molecule has 1 heteroatoms. The molecular formula is C15H26O. The van der Waals surface area contributed by atoms with E-state index in [0.29, 0.717) is 17.3 Å². The zero-order chi connectivity index (χ0) is 11.7. The Balaban J connectivity index is 1.93. The van der Waals surface area contributed by atoms with Gasteiger partial charge in [-0.05, 0) is 53.8 Å². The Kier molecular flexibility index (Phi) is 2.25. The van der Waals surface area contributed by atoms with Gasteiger partial charge in [-0.15, -0.1) is 0 Å². The molecule has 16 heavy (non-hydrogen) atoms. The monoisotopic (exact) mass is 222 g/mol. The van der Waals surface area contributed by atoms with Crippen molar-refractivity contribution in [2.75, 3.05) is 0 Å². The molecule has 3 saturated carbocycles. The van der Waals surface area contributed by atoms with Crippen LogP contribution in [0.2, 0.25) is 0 Å². The first-order chi connectivity index (χ1) is 7.47. The van der Waals surface area contributed by atoms with Gasteiger partial charge in [0.2, 0.25) is 0 Å². The van der Waals surface area contributed by atoms with Gasteiger partial charge in [-0.3, -0.25) is 0 Å². The molecule has 3 aliphatic rings. The van der Waals surface area contributed by atoms with E-state index < -0.39 is 0 Å². The van der Waals surface area contributed by atoms with E-state index in [2.05, 4.69) is 27.7 Å². The highest BCUT2D eigenvalue weighted by Crippen LogP contribution is 2.73. The van der Waals surface area contributed by atoms with Gasteiger partial charge in [0.25, 0.3) is 0 Å². The number of hydrogen-bond donors (Lipinski definition) is 1. The van der Waals surface area contributed by atoms with E-state index in [-0.39, 0.29) is 6.10 Å². The van der Waals surface area contributed by atoms with E-state index in [4.69, 9.17) is 0 Å². The first-order valence-corrected chi connectivity index (χ1v) is 7.15. The molecule has 7 atom stereocenters. The van der Waals surface area contributed by atoms with Crippen molar-refractivity contribution in [2.24, 2.45) is 40.9 Å². The van der Waals surface area contributed by atoms with Crippen LogP contribution in [0.25, 0.3) is 0 Å². The summed E-state index contributed by atoms with van der Waals surface area (Å²) in [5, 5.41) is 10.3. The summed E-state index contributed by atoms with van der Waals surface area (Å²) in [6.07, 6.45) is 3.91. The van der Waals surface area contributed by atoms with Crippen molar-refractivity contribution in [3.63, 3.8) is 0 Å². The lowest BCUT2D eigenvalue weighted by atomic mass is 9.32.